The van der Waals surface area contributed by atoms with Crippen molar-refractivity contribution in [1.82, 2.24) is 0 Å². The smallest absolute Gasteiger partial charge is 0.341 e. The minimum Gasteiger partial charge on any atom is -0.422 e. The summed E-state index contributed by atoms with van der Waals surface area (Å²) < 4.78 is 5.32. The maximum atomic E-state index is 11.9. The molecular formula is C13H12ClNO2. The molecule has 3 rings (SSSR count). The summed E-state index contributed by atoms with van der Waals surface area (Å²) in [5.74, 6) is 0. The normalized spacial score (nSPS) is 15.1. The van der Waals surface area contributed by atoms with Gasteiger partial charge in [0.05, 0.1) is 11.3 Å². The van der Waals surface area contributed by atoms with Gasteiger partial charge in [0.15, 0.2) is 0 Å². The molecule has 0 N–H and O–H groups in total. The van der Waals surface area contributed by atoms with Gasteiger partial charge >= 0.3 is 5.63 Å². The molecule has 0 spiro atoms. The third-order valence-corrected chi connectivity index (χ3v) is 3.47. The second-order valence-corrected chi connectivity index (χ2v) is 4.82. The van der Waals surface area contributed by atoms with E-state index in [1.54, 1.807) is 6.07 Å². The van der Waals surface area contributed by atoms with Gasteiger partial charge < -0.3 is 9.32 Å². The molecule has 1 aromatic carbocycles. The Hall–Kier alpha value is -1.48. The van der Waals surface area contributed by atoms with Crippen LogP contribution in [0.15, 0.2) is 27.4 Å². The largest absolute Gasteiger partial charge is 0.422 e. The van der Waals surface area contributed by atoms with E-state index in [0.717, 1.165) is 36.0 Å². The number of nitrogens with zero attached hydrogens (tertiary/aromatic N) is 1. The van der Waals surface area contributed by atoms with E-state index in [1.807, 2.05) is 19.2 Å². The topological polar surface area (TPSA) is 33.5 Å². The summed E-state index contributed by atoms with van der Waals surface area (Å²) >= 11 is 5.91. The van der Waals surface area contributed by atoms with Gasteiger partial charge in [-0.25, -0.2) is 4.79 Å². The second-order valence-electron chi connectivity index (χ2n) is 4.38. The molecule has 2 heterocycles. The molecule has 0 bridgehead atoms. The number of anilines is 1. The zero-order chi connectivity index (χ0) is 12.0. The van der Waals surface area contributed by atoms with Crippen molar-refractivity contribution >= 4 is 28.3 Å². The Labute approximate surface area is 104 Å². The van der Waals surface area contributed by atoms with E-state index in [9.17, 15) is 4.79 Å². The van der Waals surface area contributed by atoms with Gasteiger partial charge in [0.1, 0.15) is 5.58 Å². The number of fused-ring (bicyclic) bond motifs is 3. The number of hydrogen-bond donors (Lipinski definition) is 0. The van der Waals surface area contributed by atoms with E-state index >= 15 is 0 Å². The van der Waals surface area contributed by atoms with Gasteiger partial charge in [-0.15, -0.1) is 0 Å². The minimum atomic E-state index is -0.235. The predicted octanol–water partition coefficient (Wildman–Crippen LogP) is 2.83. The molecule has 4 heteroatoms. The van der Waals surface area contributed by atoms with E-state index < -0.39 is 0 Å². The maximum absolute atomic E-state index is 11.9. The lowest BCUT2D eigenvalue weighted by Crippen LogP contribution is -2.28. The van der Waals surface area contributed by atoms with Crippen molar-refractivity contribution in [3.8, 4) is 0 Å². The Morgan fingerprint density at radius 2 is 2.24 bits per heavy atom. The first-order chi connectivity index (χ1) is 8.16. The summed E-state index contributed by atoms with van der Waals surface area (Å²) in [6.07, 6.45) is 1.79. The molecule has 0 saturated carbocycles. The fraction of sp³-hybridized carbons (Fsp3) is 0.308. The van der Waals surface area contributed by atoms with Crippen molar-refractivity contribution in [3.05, 3.63) is 39.2 Å². The van der Waals surface area contributed by atoms with Crippen LogP contribution in [0.1, 0.15) is 12.0 Å². The van der Waals surface area contributed by atoms with Gasteiger partial charge in [0.25, 0.3) is 0 Å². The highest BCUT2D eigenvalue weighted by atomic mass is 35.5. The molecule has 0 aliphatic carbocycles. The lowest BCUT2D eigenvalue weighted by Gasteiger charge is -2.27. The van der Waals surface area contributed by atoms with Crippen LogP contribution in [0.25, 0.3) is 11.0 Å². The number of benzene rings is 1. The summed E-state index contributed by atoms with van der Waals surface area (Å²) in [6.45, 7) is 0.966. The quantitative estimate of drug-likeness (QED) is 0.673. The van der Waals surface area contributed by atoms with Crippen LogP contribution in [0.3, 0.4) is 0 Å². The van der Waals surface area contributed by atoms with E-state index in [1.165, 1.54) is 0 Å². The summed E-state index contributed by atoms with van der Waals surface area (Å²) in [7, 11) is 2.01. The number of hydrogen-bond acceptors (Lipinski definition) is 3. The molecule has 2 aromatic rings. The standard InChI is InChI=1S/C13H12ClNO2/c1-15-6-2-3-10-12(15)9-5-4-8(14)7-11(9)17-13(10)16/h4-5,7H,2-3,6H2,1H3. The fourth-order valence-corrected chi connectivity index (χ4v) is 2.62. The molecule has 0 radical (unpaired) electrons. The second kappa shape index (κ2) is 3.77. The third kappa shape index (κ3) is 1.62. The summed E-state index contributed by atoms with van der Waals surface area (Å²) in [5.41, 5.74) is 2.11. The Balaban J connectivity index is 2.43. The van der Waals surface area contributed by atoms with Crippen molar-refractivity contribution in [3.63, 3.8) is 0 Å². The van der Waals surface area contributed by atoms with Gasteiger partial charge in [-0.05, 0) is 25.0 Å². The number of rotatable bonds is 0. The molecule has 1 aromatic heterocycles. The van der Waals surface area contributed by atoms with Gasteiger partial charge in [-0.2, -0.15) is 0 Å². The fourth-order valence-electron chi connectivity index (χ4n) is 2.46. The van der Waals surface area contributed by atoms with Gasteiger partial charge in [0, 0.05) is 30.1 Å². The monoisotopic (exact) mass is 249 g/mol. The highest BCUT2D eigenvalue weighted by Crippen LogP contribution is 2.32. The first kappa shape index (κ1) is 10.7. The maximum Gasteiger partial charge on any atom is 0.341 e. The van der Waals surface area contributed by atoms with Crippen molar-refractivity contribution in [2.75, 3.05) is 18.5 Å². The molecule has 0 fully saturated rings. The Bertz CT molecular complexity index is 648. The van der Waals surface area contributed by atoms with E-state index in [0.29, 0.717) is 10.6 Å². The third-order valence-electron chi connectivity index (χ3n) is 3.24. The van der Waals surface area contributed by atoms with E-state index in [4.69, 9.17) is 16.0 Å². The predicted molar refractivity (Wildman–Crippen MR) is 69.1 cm³/mol. The summed E-state index contributed by atoms with van der Waals surface area (Å²) in [6, 6.07) is 5.44. The van der Waals surface area contributed by atoms with Gasteiger partial charge in [-0.3, -0.25) is 0 Å². The molecule has 88 valence electrons. The van der Waals surface area contributed by atoms with Crippen LogP contribution in [0.4, 0.5) is 5.69 Å². The number of halogens is 1. The van der Waals surface area contributed by atoms with Crippen molar-refractivity contribution < 1.29 is 4.42 Å². The minimum absolute atomic E-state index is 0.235. The van der Waals surface area contributed by atoms with Crippen molar-refractivity contribution in [2.45, 2.75) is 12.8 Å². The van der Waals surface area contributed by atoms with Crippen LogP contribution < -0.4 is 10.5 Å². The molecule has 0 atom stereocenters. The first-order valence-corrected chi connectivity index (χ1v) is 6.01. The zero-order valence-corrected chi connectivity index (χ0v) is 10.3. The summed E-state index contributed by atoms with van der Waals surface area (Å²) in [4.78, 5) is 14.0. The molecular weight excluding hydrogens is 238 g/mol. The van der Waals surface area contributed by atoms with E-state index in [-0.39, 0.29) is 5.63 Å². The van der Waals surface area contributed by atoms with Crippen LogP contribution >= 0.6 is 11.6 Å². The lowest BCUT2D eigenvalue weighted by atomic mass is 10.0. The molecule has 0 saturated heterocycles. The SMILES string of the molecule is CN1CCCc2c1c1ccc(Cl)cc1oc2=O. The van der Waals surface area contributed by atoms with E-state index in [2.05, 4.69) is 4.90 Å². The van der Waals surface area contributed by atoms with Crippen LogP contribution in [-0.4, -0.2) is 13.6 Å². The highest BCUT2D eigenvalue weighted by molar-refractivity contribution is 6.31. The van der Waals surface area contributed by atoms with Gasteiger partial charge in [0.2, 0.25) is 0 Å². The lowest BCUT2D eigenvalue weighted by molar-refractivity contribution is 0.542. The van der Waals surface area contributed by atoms with Crippen LogP contribution in [0.5, 0.6) is 0 Å². The average molecular weight is 250 g/mol. The molecule has 0 unspecified atom stereocenters. The highest BCUT2D eigenvalue weighted by Gasteiger charge is 2.21. The van der Waals surface area contributed by atoms with Crippen LogP contribution in [-0.2, 0) is 6.42 Å². The Kier molecular flexibility index (Phi) is 2.37. The van der Waals surface area contributed by atoms with Gasteiger partial charge in [-0.1, -0.05) is 11.6 Å². The van der Waals surface area contributed by atoms with Crippen molar-refractivity contribution in [2.24, 2.45) is 0 Å². The molecule has 3 nitrogen and oxygen atoms in total. The van der Waals surface area contributed by atoms with Crippen LogP contribution in [0.2, 0.25) is 5.02 Å². The van der Waals surface area contributed by atoms with Crippen molar-refractivity contribution in [1.29, 1.82) is 0 Å². The zero-order valence-electron chi connectivity index (χ0n) is 9.50. The Morgan fingerprint density at radius 3 is 3.06 bits per heavy atom. The molecule has 1 aliphatic rings. The first-order valence-electron chi connectivity index (χ1n) is 5.63. The van der Waals surface area contributed by atoms with Crippen LogP contribution in [0, 0.1) is 0 Å². The molecule has 0 amide bonds. The average Bonchev–Trinajstić information content (AvgIpc) is 2.29. The Morgan fingerprint density at radius 1 is 1.41 bits per heavy atom. The summed E-state index contributed by atoms with van der Waals surface area (Å²) in [5, 5.41) is 1.55. The molecule has 17 heavy (non-hydrogen) atoms. The molecule has 1 aliphatic heterocycles.